The van der Waals surface area contributed by atoms with E-state index in [2.05, 4.69) is 21.2 Å². The molecule has 0 radical (unpaired) electrons. The second-order valence-corrected chi connectivity index (χ2v) is 6.05. The number of rotatable bonds is 2. The van der Waals surface area contributed by atoms with Crippen molar-refractivity contribution in [1.82, 2.24) is 5.32 Å². The summed E-state index contributed by atoms with van der Waals surface area (Å²) in [4.78, 5) is 11.4. The van der Waals surface area contributed by atoms with Crippen molar-refractivity contribution in [2.45, 2.75) is 31.5 Å². The van der Waals surface area contributed by atoms with Crippen molar-refractivity contribution in [2.24, 2.45) is 11.8 Å². The lowest BCUT2D eigenvalue weighted by Crippen LogP contribution is -2.40. The normalized spacial score (nSPS) is 30.0. The van der Waals surface area contributed by atoms with Crippen LogP contribution >= 0.6 is 15.9 Å². The Morgan fingerprint density at radius 2 is 1.95 bits per heavy atom. The van der Waals surface area contributed by atoms with Crippen LogP contribution < -0.4 is 5.32 Å². The number of nitrogens with one attached hydrogen (secondary N) is 1. The van der Waals surface area contributed by atoms with Crippen molar-refractivity contribution in [3.63, 3.8) is 0 Å². The maximum Gasteiger partial charge on any atom is 0.450 e. The van der Waals surface area contributed by atoms with Gasteiger partial charge in [0.1, 0.15) is 0 Å². The molecule has 0 aromatic carbocycles. The van der Waals surface area contributed by atoms with Gasteiger partial charge in [-0.25, -0.2) is 0 Å². The SMILES string of the molecule is O=C(C1CCC(O)C(C2=CC=CC=C(Br)N2)C1)C(F)(F)F. The third kappa shape index (κ3) is 3.97. The molecule has 2 aliphatic rings. The smallest absolute Gasteiger partial charge is 0.392 e. The average Bonchev–Trinajstić information content (AvgIpc) is 2.62. The van der Waals surface area contributed by atoms with E-state index >= 15 is 0 Å². The molecule has 7 heteroatoms. The summed E-state index contributed by atoms with van der Waals surface area (Å²) in [6.45, 7) is 0. The van der Waals surface area contributed by atoms with E-state index in [-0.39, 0.29) is 19.3 Å². The number of allylic oxidation sites excluding steroid dienone is 4. The zero-order valence-corrected chi connectivity index (χ0v) is 12.6. The molecule has 2 rings (SSSR count). The molecule has 1 heterocycles. The molecule has 3 unspecified atom stereocenters. The first-order chi connectivity index (χ1) is 9.79. The van der Waals surface area contributed by atoms with Crippen LogP contribution in [0.25, 0.3) is 0 Å². The van der Waals surface area contributed by atoms with Crippen molar-refractivity contribution in [3.05, 3.63) is 34.6 Å². The van der Waals surface area contributed by atoms with E-state index in [1.54, 1.807) is 24.3 Å². The maximum atomic E-state index is 12.6. The molecule has 3 nitrogen and oxygen atoms in total. The molecule has 0 spiro atoms. The number of carbonyl (C=O) groups excluding carboxylic acids is 1. The maximum absolute atomic E-state index is 12.6. The molecule has 1 aliphatic heterocycles. The van der Waals surface area contributed by atoms with Crippen LogP contribution in [0.4, 0.5) is 13.2 Å². The number of aliphatic hydroxyl groups is 1. The van der Waals surface area contributed by atoms with E-state index in [0.29, 0.717) is 10.3 Å². The Labute approximate surface area is 128 Å². The predicted octanol–water partition coefficient (Wildman–Crippen LogP) is 3.17. The Morgan fingerprint density at radius 3 is 2.62 bits per heavy atom. The highest BCUT2D eigenvalue weighted by Crippen LogP contribution is 2.37. The Kier molecular flexibility index (Phi) is 4.93. The molecule has 2 N–H and O–H groups in total. The minimum absolute atomic E-state index is 0.00748. The van der Waals surface area contributed by atoms with Crippen molar-refractivity contribution < 1.29 is 23.1 Å². The molecule has 3 atom stereocenters. The van der Waals surface area contributed by atoms with Gasteiger partial charge in [0.2, 0.25) is 5.78 Å². The Bertz CT molecular complexity index is 511. The number of hydrogen-bond acceptors (Lipinski definition) is 3. The van der Waals surface area contributed by atoms with Gasteiger partial charge in [-0.1, -0.05) is 12.2 Å². The van der Waals surface area contributed by atoms with Gasteiger partial charge < -0.3 is 10.4 Å². The molecular formula is C14H15BrF3NO2. The highest BCUT2D eigenvalue weighted by molar-refractivity contribution is 9.11. The predicted molar refractivity (Wildman–Crippen MR) is 75.3 cm³/mol. The first-order valence-corrected chi connectivity index (χ1v) is 7.38. The summed E-state index contributed by atoms with van der Waals surface area (Å²) in [7, 11) is 0. The quantitative estimate of drug-likeness (QED) is 0.739. The summed E-state index contributed by atoms with van der Waals surface area (Å²) >= 11 is 3.27. The van der Waals surface area contributed by atoms with E-state index in [0.717, 1.165) is 0 Å². The van der Waals surface area contributed by atoms with E-state index in [9.17, 15) is 23.1 Å². The van der Waals surface area contributed by atoms with Gasteiger partial charge in [0.25, 0.3) is 0 Å². The fourth-order valence-corrected chi connectivity index (χ4v) is 3.08. The summed E-state index contributed by atoms with van der Waals surface area (Å²) in [6.07, 6.45) is 1.62. The standard InChI is InChI=1S/C14H15BrF3NO2/c15-12-4-2-1-3-10(19-12)9-7-8(5-6-11(9)20)13(21)14(16,17)18/h1-4,8-9,11,19-20H,5-7H2. The van der Waals surface area contributed by atoms with Crippen LogP contribution in [-0.4, -0.2) is 23.2 Å². The van der Waals surface area contributed by atoms with Crippen LogP contribution in [0.1, 0.15) is 19.3 Å². The van der Waals surface area contributed by atoms with E-state index in [4.69, 9.17) is 0 Å². The first-order valence-electron chi connectivity index (χ1n) is 6.59. The first kappa shape index (κ1) is 16.3. The summed E-state index contributed by atoms with van der Waals surface area (Å²) in [5.74, 6) is -3.30. The van der Waals surface area contributed by atoms with Crippen LogP contribution in [0.15, 0.2) is 34.6 Å². The fourth-order valence-electron chi connectivity index (χ4n) is 2.70. The van der Waals surface area contributed by atoms with Crippen LogP contribution in [-0.2, 0) is 4.79 Å². The molecule has 1 saturated carbocycles. The van der Waals surface area contributed by atoms with Crippen LogP contribution in [0.3, 0.4) is 0 Å². The number of aliphatic hydroxyl groups excluding tert-OH is 1. The topological polar surface area (TPSA) is 49.3 Å². The highest BCUT2D eigenvalue weighted by Gasteiger charge is 2.46. The Hall–Kier alpha value is -1.08. The van der Waals surface area contributed by atoms with Gasteiger partial charge in [-0.15, -0.1) is 0 Å². The average molecular weight is 366 g/mol. The van der Waals surface area contributed by atoms with Gasteiger partial charge in [0.05, 0.1) is 10.7 Å². The zero-order chi connectivity index (χ0) is 15.6. The van der Waals surface area contributed by atoms with Crippen LogP contribution in [0.5, 0.6) is 0 Å². The lowest BCUT2D eigenvalue weighted by molar-refractivity contribution is -0.177. The number of alkyl halides is 3. The number of ketones is 1. The molecule has 116 valence electrons. The summed E-state index contributed by atoms with van der Waals surface area (Å²) in [5, 5.41) is 13.1. The van der Waals surface area contributed by atoms with E-state index in [1.807, 2.05) is 0 Å². The molecule has 0 amide bonds. The lowest BCUT2D eigenvalue weighted by Gasteiger charge is -2.34. The summed E-state index contributed by atoms with van der Waals surface area (Å²) in [6, 6.07) is 0. The Morgan fingerprint density at radius 1 is 1.29 bits per heavy atom. The van der Waals surface area contributed by atoms with Gasteiger partial charge >= 0.3 is 6.18 Å². The van der Waals surface area contributed by atoms with Crippen LogP contribution in [0.2, 0.25) is 0 Å². The lowest BCUT2D eigenvalue weighted by atomic mass is 9.76. The van der Waals surface area contributed by atoms with Crippen molar-refractivity contribution in [3.8, 4) is 0 Å². The van der Waals surface area contributed by atoms with Gasteiger partial charge in [-0.3, -0.25) is 4.79 Å². The molecule has 21 heavy (non-hydrogen) atoms. The van der Waals surface area contributed by atoms with E-state index < -0.39 is 29.9 Å². The minimum Gasteiger partial charge on any atom is -0.392 e. The number of Topliss-reactive ketones (excluding diaryl/α,β-unsaturated/α-hetero) is 1. The fraction of sp³-hybridized carbons (Fsp3) is 0.500. The molecule has 0 saturated heterocycles. The second kappa shape index (κ2) is 6.36. The van der Waals surface area contributed by atoms with Crippen molar-refractivity contribution in [2.75, 3.05) is 0 Å². The molecule has 0 aromatic heterocycles. The molecule has 0 bridgehead atoms. The van der Waals surface area contributed by atoms with Gasteiger partial charge in [0.15, 0.2) is 0 Å². The number of carbonyl (C=O) groups is 1. The van der Waals surface area contributed by atoms with Gasteiger partial charge in [0, 0.05) is 17.5 Å². The van der Waals surface area contributed by atoms with Crippen molar-refractivity contribution >= 4 is 21.7 Å². The van der Waals surface area contributed by atoms with Crippen LogP contribution in [0, 0.1) is 11.8 Å². The molecule has 1 aliphatic carbocycles. The summed E-state index contributed by atoms with van der Waals surface area (Å²) in [5.41, 5.74) is 0.610. The second-order valence-electron chi connectivity index (χ2n) is 5.19. The monoisotopic (exact) mass is 365 g/mol. The van der Waals surface area contributed by atoms with Crippen molar-refractivity contribution in [1.29, 1.82) is 0 Å². The zero-order valence-electron chi connectivity index (χ0n) is 11.0. The molecular weight excluding hydrogens is 351 g/mol. The summed E-state index contributed by atoms with van der Waals surface area (Å²) < 4.78 is 38.3. The largest absolute Gasteiger partial charge is 0.450 e. The van der Waals surface area contributed by atoms with E-state index in [1.165, 1.54) is 0 Å². The molecule has 1 fully saturated rings. The third-order valence-electron chi connectivity index (χ3n) is 3.76. The highest BCUT2D eigenvalue weighted by atomic mass is 79.9. The number of halogens is 4. The van der Waals surface area contributed by atoms with Gasteiger partial charge in [-0.05, 0) is 47.3 Å². The molecule has 0 aromatic rings. The third-order valence-corrected chi connectivity index (χ3v) is 4.22. The van der Waals surface area contributed by atoms with Gasteiger partial charge in [-0.2, -0.15) is 13.2 Å². The number of hydrogen-bond donors (Lipinski definition) is 2. The Balaban J connectivity index is 2.15. The minimum atomic E-state index is -4.82.